The van der Waals surface area contributed by atoms with Crippen LogP contribution in [-0.2, 0) is 13.1 Å². The van der Waals surface area contributed by atoms with Gasteiger partial charge in [-0.1, -0.05) is 0 Å². The maximum absolute atomic E-state index is 5.97. The van der Waals surface area contributed by atoms with Crippen molar-refractivity contribution in [2.45, 2.75) is 45.7 Å². The summed E-state index contributed by atoms with van der Waals surface area (Å²) in [5, 5.41) is 11.3. The monoisotopic (exact) mass is 273 g/mol. The van der Waals surface area contributed by atoms with Gasteiger partial charge in [-0.05, 0) is 26.7 Å². The zero-order valence-electron chi connectivity index (χ0n) is 11.8. The van der Waals surface area contributed by atoms with Crippen LogP contribution in [0.5, 0.6) is 0 Å². The molecule has 0 spiro atoms. The van der Waals surface area contributed by atoms with Gasteiger partial charge in [-0.2, -0.15) is 0 Å². The summed E-state index contributed by atoms with van der Waals surface area (Å²) in [6.07, 6.45) is 4.05. The summed E-state index contributed by atoms with van der Waals surface area (Å²) in [7, 11) is 0. The first-order valence-electron chi connectivity index (χ1n) is 6.93. The minimum absolute atomic E-state index is 0.484. The Kier molecular flexibility index (Phi) is 3.25. The predicted octanol–water partition coefficient (Wildman–Crippen LogP) is 1.47. The lowest BCUT2D eigenvalue weighted by Crippen LogP contribution is -2.12. The van der Waals surface area contributed by atoms with Crippen molar-refractivity contribution in [1.29, 1.82) is 0 Å². The van der Waals surface area contributed by atoms with E-state index in [-0.39, 0.29) is 0 Å². The number of nitrogen functional groups attached to an aromatic ring is 1. The third kappa shape index (κ3) is 2.43. The molecule has 0 saturated heterocycles. The van der Waals surface area contributed by atoms with Gasteiger partial charge in [-0.25, -0.2) is 9.97 Å². The first-order chi connectivity index (χ1) is 9.69. The SMILES string of the molecule is CCn1cnnc1CNc1nc(C2CC2)nc(N)c1C. The molecule has 0 aromatic carbocycles. The average Bonchev–Trinajstić information content (AvgIpc) is 3.19. The zero-order valence-corrected chi connectivity index (χ0v) is 11.8. The Hall–Kier alpha value is -2.18. The largest absolute Gasteiger partial charge is 0.383 e. The molecule has 0 bridgehead atoms. The maximum atomic E-state index is 5.97. The fourth-order valence-corrected chi connectivity index (χ4v) is 2.09. The third-order valence-electron chi connectivity index (χ3n) is 3.59. The average molecular weight is 273 g/mol. The van der Waals surface area contributed by atoms with Gasteiger partial charge in [0.05, 0.1) is 6.54 Å². The van der Waals surface area contributed by atoms with Crippen molar-refractivity contribution in [2.24, 2.45) is 0 Å². The zero-order chi connectivity index (χ0) is 14.1. The first kappa shape index (κ1) is 12.8. The molecule has 20 heavy (non-hydrogen) atoms. The van der Waals surface area contributed by atoms with Gasteiger partial charge in [0.15, 0.2) is 5.82 Å². The van der Waals surface area contributed by atoms with E-state index in [9.17, 15) is 0 Å². The lowest BCUT2D eigenvalue weighted by atomic mass is 10.3. The van der Waals surface area contributed by atoms with Gasteiger partial charge in [0, 0.05) is 18.0 Å². The number of hydrogen-bond acceptors (Lipinski definition) is 6. The van der Waals surface area contributed by atoms with E-state index in [0.29, 0.717) is 18.3 Å². The topological polar surface area (TPSA) is 94.5 Å². The summed E-state index contributed by atoms with van der Waals surface area (Å²) in [6, 6.07) is 0. The first-order valence-corrected chi connectivity index (χ1v) is 6.93. The third-order valence-corrected chi connectivity index (χ3v) is 3.59. The van der Waals surface area contributed by atoms with Gasteiger partial charge in [-0.15, -0.1) is 10.2 Å². The van der Waals surface area contributed by atoms with Crippen LogP contribution in [0.3, 0.4) is 0 Å². The number of aryl methyl sites for hydroxylation is 1. The van der Waals surface area contributed by atoms with Crippen LogP contribution in [0.4, 0.5) is 11.6 Å². The number of nitrogens with zero attached hydrogens (tertiary/aromatic N) is 5. The summed E-state index contributed by atoms with van der Waals surface area (Å²) in [5.41, 5.74) is 6.85. The van der Waals surface area contributed by atoms with Crippen LogP contribution in [0.1, 0.15) is 42.9 Å². The molecule has 1 aliphatic carbocycles. The van der Waals surface area contributed by atoms with E-state index in [1.807, 2.05) is 11.5 Å². The molecule has 7 nitrogen and oxygen atoms in total. The normalized spacial score (nSPS) is 14.5. The highest BCUT2D eigenvalue weighted by atomic mass is 15.3. The summed E-state index contributed by atoms with van der Waals surface area (Å²) >= 11 is 0. The second-order valence-electron chi connectivity index (χ2n) is 5.10. The van der Waals surface area contributed by atoms with Gasteiger partial charge in [0.25, 0.3) is 0 Å². The minimum atomic E-state index is 0.484. The number of aromatic nitrogens is 5. The highest BCUT2D eigenvalue weighted by molar-refractivity contribution is 5.55. The van der Waals surface area contributed by atoms with Crippen molar-refractivity contribution in [1.82, 2.24) is 24.7 Å². The molecule has 106 valence electrons. The summed E-state index contributed by atoms with van der Waals surface area (Å²) in [5.74, 6) is 3.58. The van der Waals surface area contributed by atoms with Crippen LogP contribution in [0.2, 0.25) is 0 Å². The van der Waals surface area contributed by atoms with Gasteiger partial charge in [-0.3, -0.25) is 0 Å². The molecule has 0 aliphatic heterocycles. The second-order valence-corrected chi connectivity index (χ2v) is 5.10. The van der Waals surface area contributed by atoms with E-state index >= 15 is 0 Å². The van der Waals surface area contributed by atoms with Crippen molar-refractivity contribution >= 4 is 11.6 Å². The molecule has 0 amide bonds. The number of rotatable bonds is 5. The Balaban J connectivity index is 1.79. The molecule has 1 fully saturated rings. The van der Waals surface area contributed by atoms with E-state index in [1.165, 1.54) is 0 Å². The molecule has 7 heteroatoms. The molecule has 0 radical (unpaired) electrons. The van der Waals surface area contributed by atoms with Gasteiger partial charge in [0.1, 0.15) is 23.8 Å². The van der Waals surface area contributed by atoms with Crippen molar-refractivity contribution in [3.8, 4) is 0 Å². The fraction of sp³-hybridized carbons (Fsp3) is 0.538. The second kappa shape index (κ2) is 5.07. The lowest BCUT2D eigenvalue weighted by molar-refractivity contribution is 0.706. The Morgan fingerprint density at radius 1 is 1.40 bits per heavy atom. The van der Waals surface area contributed by atoms with Crippen LogP contribution in [0, 0.1) is 6.92 Å². The van der Waals surface area contributed by atoms with E-state index in [1.54, 1.807) is 6.33 Å². The predicted molar refractivity (Wildman–Crippen MR) is 76.2 cm³/mol. The summed E-state index contributed by atoms with van der Waals surface area (Å²) < 4.78 is 1.99. The Labute approximate surface area is 117 Å². The van der Waals surface area contributed by atoms with Gasteiger partial charge in [0.2, 0.25) is 0 Å². The molecule has 0 atom stereocenters. The molecule has 1 aliphatic rings. The van der Waals surface area contributed by atoms with Crippen LogP contribution in [-0.4, -0.2) is 24.7 Å². The summed E-state index contributed by atoms with van der Waals surface area (Å²) in [6.45, 7) is 5.42. The lowest BCUT2D eigenvalue weighted by Gasteiger charge is -2.11. The molecular weight excluding hydrogens is 254 g/mol. The molecule has 3 N–H and O–H groups in total. The summed E-state index contributed by atoms with van der Waals surface area (Å²) in [4.78, 5) is 8.96. The number of nitrogens with one attached hydrogen (secondary N) is 1. The fourth-order valence-electron chi connectivity index (χ4n) is 2.09. The maximum Gasteiger partial charge on any atom is 0.152 e. The van der Waals surface area contributed by atoms with Crippen LogP contribution in [0.25, 0.3) is 0 Å². The van der Waals surface area contributed by atoms with Gasteiger partial charge >= 0.3 is 0 Å². The smallest absolute Gasteiger partial charge is 0.152 e. The minimum Gasteiger partial charge on any atom is -0.383 e. The van der Waals surface area contributed by atoms with Crippen molar-refractivity contribution < 1.29 is 0 Å². The van der Waals surface area contributed by atoms with Crippen molar-refractivity contribution in [2.75, 3.05) is 11.1 Å². The van der Waals surface area contributed by atoms with Crippen molar-refractivity contribution in [3.63, 3.8) is 0 Å². The van der Waals surface area contributed by atoms with E-state index in [2.05, 4.69) is 32.4 Å². The Morgan fingerprint density at radius 2 is 2.20 bits per heavy atom. The standard InChI is InChI=1S/C13H19N7/c1-3-20-7-16-19-10(20)6-15-12-8(2)11(14)17-13(18-12)9-4-5-9/h7,9H,3-6H2,1-2H3,(H3,14,15,17,18). The highest BCUT2D eigenvalue weighted by Crippen LogP contribution is 2.39. The molecule has 3 rings (SSSR count). The quantitative estimate of drug-likeness (QED) is 0.856. The van der Waals surface area contributed by atoms with Gasteiger partial charge < -0.3 is 15.6 Å². The van der Waals surface area contributed by atoms with E-state index < -0.39 is 0 Å². The Morgan fingerprint density at radius 3 is 2.90 bits per heavy atom. The van der Waals surface area contributed by atoms with E-state index in [0.717, 1.165) is 42.4 Å². The molecule has 0 unspecified atom stereocenters. The molecular formula is C13H19N7. The van der Waals surface area contributed by atoms with Crippen molar-refractivity contribution in [3.05, 3.63) is 23.5 Å². The Bertz CT molecular complexity index is 615. The van der Waals surface area contributed by atoms with Crippen LogP contribution >= 0.6 is 0 Å². The van der Waals surface area contributed by atoms with Crippen LogP contribution < -0.4 is 11.1 Å². The van der Waals surface area contributed by atoms with Crippen LogP contribution in [0.15, 0.2) is 6.33 Å². The molecule has 1 saturated carbocycles. The molecule has 2 heterocycles. The number of anilines is 2. The number of nitrogens with two attached hydrogens (primary N) is 1. The molecule has 2 aromatic rings. The highest BCUT2D eigenvalue weighted by Gasteiger charge is 2.27. The number of hydrogen-bond donors (Lipinski definition) is 2. The molecule has 2 aromatic heterocycles. The van der Waals surface area contributed by atoms with E-state index in [4.69, 9.17) is 5.73 Å².